The van der Waals surface area contributed by atoms with Crippen LogP contribution in [0.5, 0.6) is 11.6 Å². The van der Waals surface area contributed by atoms with Crippen molar-refractivity contribution in [3.8, 4) is 11.6 Å². The summed E-state index contributed by atoms with van der Waals surface area (Å²) in [5.41, 5.74) is 1.97. The second-order valence-electron chi connectivity index (χ2n) is 4.26. The molecule has 0 spiro atoms. The van der Waals surface area contributed by atoms with Crippen LogP contribution >= 0.6 is 27.5 Å². The van der Waals surface area contributed by atoms with Gasteiger partial charge in [-0.2, -0.15) is 0 Å². The van der Waals surface area contributed by atoms with E-state index in [9.17, 15) is 4.79 Å². The van der Waals surface area contributed by atoms with Crippen LogP contribution in [0.2, 0.25) is 5.02 Å². The highest BCUT2D eigenvalue weighted by atomic mass is 79.9. The summed E-state index contributed by atoms with van der Waals surface area (Å²) < 4.78 is 6.59. The Morgan fingerprint density at radius 1 is 1.35 bits per heavy atom. The van der Waals surface area contributed by atoms with Crippen molar-refractivity contribution in [3.05, 3.63) is 50.6 Å². The summed E-state index contributed by atoms with van der Waals surface area (Å²) >= 11 is 9.46. The highest BCUT2D eigenvalue weighted by Gasteiger charge is 2.15. The minimum Gasteiger partial charge on any atom is -0.478 e. The molecule has 1 aromatic heterocycles. The van der Waals surface area contributed by atoms with Gasteiger partial charge >= 0.3 is 5.97 Å². The number of aromatic nitrogens is 1. The van der Waals surface area contributed by atoms with E-state index in [0.29, 0.717) is 5.75 Å². The van der Waals surface area contributed by atoms with Crippen molar-refractivity contribution in [2.45, 2.75) is 13.8 Å². The van der Waals surface area contributed by atoms with E-state index in [1.807, 2.05) is 26.0 Å². The topological polar surface area (TPSA) is 59.4 Å². The number of carbonyl (C=O) groups is 1. The van der Waals surface area contributed by atoms with Gasteiger partial charge in [0.25, 0.3) is 0 Å². The Balaban J connectivity index is 2.40. The van der Waals surface area contributed by atoms with Crippen molar-refractivity contribution in [2.75, 3.05) is 0 Å². The van der Waals surface area contributed by atoms with Crippen molar-refractivity contribution < 1.29 is 14.6 Å². The minimum atomic E-state index is -1.12. The lowest BCUT2D eigenvalue weighted by molar-refractivity contribution is 0.0696. The van der Waals surface area contributed by atoms with Gasteiger partial charge in [-0.05, 0) is 43.2 Å². The van der Waals surface area contributed by atoms with Gasteiger partial charge in [-0.25, -0.2) is 9.78 Å². The molecule has 2 aromatic rings. The Kier molecular flexibility index (Phi) is 4.30. The third-order valence-electron chi connectivity index (χ3n) is 2.71. The van der Waals surface area contributed by atoms with E-state index in [4.69, 9.17) is 21.4 Å². The fourth-order valence-corrected chi connectivity index (χ4v) is 2.20. The van der Waals surface area contributed by atoms with E-state index >= 15 is 0 Å². The van der Waals surface area contributed by atoms with Crippen LogP contribution in [0.4, 0.5) is 0 Å². The first kappa shape index (κ1) is 14.8. The zero-order valence-electron chi connectivity index (χ0n) is 10.8. The van der Waals surface area contributed by atoms with E-state index in [1.165, 1.54) is 12.3 Å². The average Bonchev–Trinajstić information content (AvgIpc) is 2.38. The predicted molar refractivity (Wildman–Crippen MR) is 79.9 cm³/mol. The molecule has 1 aromatic carbocycles. The molecule has 2 rings (SSSR count). The van der Waals surface area contributed by atoms with Crippen LogP contribution in [-0.4, -0.2) is 16.1 Å². The van der Waals surface area contributed by atoms with Crippen molar-refractivity contribution >= 4 is 33.5 Å². The SMILES string of the molecule is Cc1cc(Oc2nccc(C(=O)O)c2Cl)cc(C)c1Br. The summed E-state index contributed by atoms with van der Waals surface area (Å²) in [6.07, 6.45) is 1.35. The number of rotatable bonds is 3. The molecule has 0 amide bonds. The van der Waals surface area contributed by atoms with E-state index in [0.717, 1.165) is 15.6 Å². The number of carboxylic acids is 1. The lowest BCUT2D eigenvalue weighted by Gasteiger charge is -2.10. The zero-order chi connectivity index (χ0) is 14.9. The van der Waals surface area contributed by atoms with E-state index in [-0.39, 0.29) is 16.5 Å². The summed E-state index contributed by atoms with van der Waals surface area (Å²) in [5.74, 6) is -0.488. The van der Waals surface area contributed by atoms with Gasteiger partial charge in [-0.3, -0.25) is 0 Å². The molecule has 0 fully saturated rings. The maximum Gasteiger partial charge on any atom is 0.337 e. The molecule has 1 heterocycles. The number of benzene rings is 1. The van der Waals surface area contributed by atoms with Gasteiger partial charge in [-0.15, -0.1) is 0 Å². The second kappa shape index (κ2) is 5.81. The molecule has 0 saturated carbocycles. The Hall–Kier alpha value is -1.59. The normalized spacial score (nSPS) is 10.4. The maximum absolute atomic E-state index is 11.0. The summed E-state index contributed by atoms with van der Waals surface area (Å²) in [7, 11) is 0. The lowest BCUT2D eigenvalue weighted by Crippen LogP contribution is -2.00. The first-order valence-corrected chi connectivity index (χ1v) is 6.89. The highest BCUT2D eigenvalue weighted by molar-refractivity contribution is 9.10. The fraction of sp³-hybridized carbons (Fsp3) is 0.143. The Morgan fingerprint density at radius 3 is 2.50 bits per heavy atom. The Labute approximate surface area is 129 Å². The van der Waals surface area contributed by atoms with Crippen LogP contribution in [0, 0.1) is 13.8 Å². The van der Waals surface area contributed by atoms with Crippen molar-refractivity contribution in [3.63, 3.8) is 0 Å². The number of hydrogen-bond donors (Lipinski definition) is 1. The van der Waals surface area contributed by atoms with Gasteiger partial charge in [0.1, 0.15) is 10.8 Å². The van der Waals surface area contributed by atoms with Gasteiger partial charge in [0, 0.05) is 10.7 Å². The summed E-state index contributed by atoms with van der Waals surface area (Å²) in [6, 6.07) is 4.97. The molecule has 0 radical (unpaired) electrons. The standard InChI is InChI=1S/C14H11BrClNO3/c1-7-5-9(6-8(2)11(7)15)20-13-12(16)10(14(18)19)3-4-17-13/h3-6H,1-2H3,(H,18,19). The molecule has 20 heavy (non-hydrogen) atoms. The van der Waals surface area contributed by atoms with Gasteiger partial charge in [0.05, 0.1) is 5.56 Å². The fourth-order valence-electron chi connectivity index (χ4n) is 1.74. The van der Waals surface area contributed by atoms with Crippen LogP contribution in [0.15, 0.2) is 28.9 Å². The monoisotopic (exact) mass is 355 g/mol. The molecule has 0 aliphatic carbocycles. The van der Waals surface area contributed by atoms with Crippen LogP contribution in [0.3, 0.4) is 0 Å². The van der Waals surface area contributed by atoms with Gasteiger partial charge < -0.3 is 9.84 Å². The third-order valence-corrected chi connectivity index (χ3v) is 4.33. The molecular weight excluding hydrogens is 346 g/mol. The number of halogens is 2. The Bertz CT molecular complexity index is 665. The molecule has 0 unspecified atom stereocenters. The second-order valence-corrected chi connectivity index (χ2v) is 5.43. The molecule has 6 heteroatoms. The summed E-state index contributed by atoms with van der Waals surface area (Å²) in [6.45, 7) is 3.87. The van der Waals surface area contributed by atoms with E-state index in [1.54, 1.807) is 0 Å². The molecule has 104 valence electrons. The molecule has 1 N–H and O–H groups in total. The first-order valence-electron chi connectivity index (χ1n) is 5.72. The quantitative estimate of drug-likeness (QED) is 0.873. The highest BCUT2D eigenvalue weighted by Crippen LogP contribution is 2.33. The largest absolute Gasteiger partial charge is 0.478 e. The van der Waals surface area contributed by atoms with Crippen LogP contribution < -0.4 is 4.74 Å². The lowest BCUT2D eigenvalue weighted by atomic mass is 10.1. The number of pyridine rings is 1. The number of aromatic carboxylic acids is 1. The van der Waals surface area contributed by atoms with Crippen molar-refractivity contribution in [2.24, 2.45) is 0 Å². The smallest absolute Gasteiger partial charge is 0.337 e. The van der Waals surface area contributed by atoms with Crippen LogP contribution in [0.25, 0.3) is 0 Å². The summed E-state index contributed by atoms with van der Waals surface area (Å²) in [5, 5.41) is 8.99. The van der Waals surface area contributed by atoms with Gasteiger partial charge in [0.15, 0.2) is 0 Å². The van der Waals surface area contributed by atoms with Crippen LogP contribution in [-0.2, 0) is 0 Å². The number of hydrogen-bond acceptors (Lipinski definition) is 3. The molecule has 4 nitrogen and oxygen atoms in total. The molecule has 0 aliphatic rings. The zero-order valence-corrected chi connectivity index (χ0v) is 13.1. The number of nitrogens with zero attached hydrogens (tertiary/aromatic N) is 1. The average molecular weight is 357 g/mol. The van der Waals surface area contributed by atoms with E-state index < -0.39 is 5.97 Å². The molecular formula is C14H11BrClNO3. The maximum atomic E-state index is 11.0. The van der Waals surface area contributed by atoms with E-state index in [2.05, 4.69) is 20.9 Å². The number of carboxylic acid groups (broad SMARTS) is 1. The van der Waals surface area contributed by atoms with Gasteiger partial charge in [0.2, 0.25) is 5.88 Å². The molecule has 0 aliphatic heterocycles. The Morgan fingerprint density at radius 2 is 1.95 bits per heavy atom. The number of ether oxygens (including phenoxy) is 1. The minimum absolute atomic E-state index is 0.0155. The third kappa shape index (κ3) is 2.94. The first-order chi connectivity index (χ1) is 9.40. The predicted octanol–water partition coefficient (Wildman–Crippen LogP) is 4.60. The molecule has 0 saturated heterocycles. The summed E-state index contributed by atoms with van der Waals surface area (Å²) in [4.78, 5) is 15.0. The molecule has 0 atom stereocenters. The number of aryl methyl sites for hydroxylation is 2. The van der Waals surface area contributed by atoms with Crippen molar-refractivity contribution in [1.29, 1.82) is 0 Å². The van der Waals surface area contributed by atoms with Crippen molar-refractivity contribution in [1.82, 2.24) is 4.98 Å². The van der Waals surface area contributed by atoms with Crippen LogP contribution in [0.1, 0.15) is 21.5 Å². The van der Waals surface area contributed by atoms with Gasteiger partial charge in [-0.1, -0.05) is 27.5 Å². The molecule has 0 bridgehead atoms.